The number of nitrogens with zero attached hydrogens (tertiary/aromatic N) is 5. The lowest BCUT2D eigenvalue weighted by Crippen LogP contribution is -2.25. The van der Waals surface area contributed by atoms with Crippen LogP contribution in [-0.4, -0.2) is 44.6 Å². The van der Waals surface area contributed by atoms with Crippen molar-refractivity contribution in [2.24, 2.45) is 0 Å². The summed E-state index contributed by atoms with van der Waals surface area (Å²) in [6, 6.07) is 11.4. The third-order valence-electron chi connectivity index (χ3n) is 5.88. The number of hydrogen-bond donors (Lipinski definition) is 1. The molecular formula is C26H21FN6O3. The smallest absolute Gasteiger partial charge is 0.272 e. The number of carbonyl (C=O) groups excluding carboxylic acids is 1. The highest BCUT2D eigenvalue weighted by Gasteiger charge is 2.33. The van der Waals surface area contributed by atoms with Gasteiger partial charge in [-0.1, -0.05) is 12.0 Å². The fraction of sp³-hybridized carbons (Fsp3) is 0.192. The van der Waals surface area contributed by atoms with Crippen LogP contribution in [0.1, 0.15) is 29.2 Å². The lowest BCUT2D eigenvalue weighted by molar-refractivity contribution is -0.116. The summed E-state index contributed by atoms with van der Waals surface area (Å²) in [7, 11) is 1.54. The molecule has 1 amide bonds. The number of aryl methyl sites for hydroxylation is 1. The van der Waals surface area contributed by atoms with E-state index in [1.165, 1.54) is 23.0 Å². The Balaban J connectivity index is 1.56. The molecule has 1 atom stereocenters. The highest BCUT2D eigenvalue weighted by molar-refractivity contribution is 5.95. The van der Waals surface area contributed by atoms with E-state index in [1.54, 1.807) is 25.3 Å². The molecule has 0 aliphatic carbocycles. The van der Waals surface area contributed by atoms with Gasteiger partial charge in [0.1, 0.15) is 18.2 Å². The molecular weight excluding hydrogens is 463 g/mol. The zero-order valence-corrected chi connectivity index (χ0v) is 19.5. The maximum atomic E-state index is 13.4. The summed E-state index contributed by atoms with van der Waals surface area (Å²) < 4.78 is 25.9. The summed E-state index contributed by atoms with van der Waals surface area (Å²) in [4.78, 5) is 17.3. The molecule has 4 aromatic rings. The fourth-order valence-electron chi connectivity index (χ4n) is 4.26. The average molecular weight is 484 g/mol. The summed E-state index contributed by atoms with van der Waals surface area (Å²) in [5.41, 5.74) is 3.57. The van der Waals surface area contributed by atoms with E-state index in [4.69, 9.17) is 15.9 Å². The van der Waals surface area contributed by atoms with Crippen LogP contribution in [0.25, 0.3) is 17.2 Å². The first-order valence-corrected chi connectivity index (χ1v) is 11.1. The fourth-order valence-corrected chi connectivity index (χ4v) is 4.26. The standard InChI is InChI=1S/C26H21FN6O3/c1-4-11-36-21-10-7-17(12-22(21)35-3)19-13-23(34)30-25-24(19)15(2)32-33(25)26-29-20(14-28-31-26)16-5-8-18(27)9-6-16/h1,5-10,12,14,19H,11,13H2,2-3H3,(H,30,34)/t19-/m1/s1. The topological polar surface area (TPSA) is 104 Å². The monoisotopic (exact) mass is 484 g/mol. The second-order valence-electron chi connectivity index (χ2n) is 8.12. The maximum Gasteiger partial charge on any atom is 0.272 e. The van der Waals surface area contributed by atoms with Gasteiger partial charge in [-0.05, 0) is 48.9 Å². The number of terminal acetylenes is 1. The van der Waals surface area contributed by atoms with E-state index in [0.717, 1.165) is 11.1 Å². The molecule has 36 heavy (non-hydrogen) atoms. The van der Waals surface area contributed by atoms with Crippen LogP contribution in [0.4, 0.5) is 10.2 Å². The lowest BCUT2D eigenvalue weighted by Gasteiger charge is -2.24. The minimum atomic E-state index is -0.348. The van der Waals surface area contributed by atoms with Crippen LogP contribution >= 0.6 is 0 Å². The first-order valence-electron chi connectivity index (χ1n) is 11.1. The van der Waals surface area contributed by atoms with Crippen molar-refractivity contribution in [3.05, 3.63) is 71.3 Å². The Morgan fingerprint density at radius 3 is 2.78 bits per heavy atom. The van der Waals surface area contributed by atoms with Gasteiger partial charge in [-0.25, -0.2) is 9.37 Å². The van der Waals surface area contributed by atoms with Crippen LogP contribution in [0.3, 0.4) is 0 Å². The van der Waals surface area contributed by atoms with Gasteiger partial charge in [0.25, 0.3) is 5.95 Å². The van der Waals surface area contributed by atoms with Crippen molar-refractivity contribution in [2.45, 2.75) is 19.3 Å². The van der Waals surface area contributed by atoms with Gasteiger partial charge in [0.15, 0.2) is 11.5 Å². The number of carbonyl (C=O) groups is 1. The normalized spacial score (nSPS) is 14.5. The van der Waals surface area contributed by atoms with E-state index in [-0.39, 0.29) is 36.6 Å². The van der Waals surface area contributed by atoms with Gasteiger partial charge in [0.2, 0.25) is 5.91 Å². The summed E-state index contributed by atoms with van der Waals surface area (Å²) >= 11 is 0. The second-order valence-corrected chi connectivity index (χ2v) is 8.12. The minimum absolute atomic E-state index is 0.114. The molecule has 0 saturated heterocycles. The number of halogens is 1. The molecule has 0 fully saturated rings. The van der Waals surface area contributed by atoms with Gasteiger partial charge >= 0.3 is 0 Å². The highest BCUT2D eigenvalue weighted by atomic mass is 19.1. The summed E-state index contributed by atoms with van der Waals surface area (Å²) in [6.45, 7) is 1.97. The van der Waals surface area contributed by atoms with Crippen molar-refractivity contribution >= 4 is 11.7 Å². The molecule has 0 radical (unpaired) electrons. The Labute approximate surface area is 206 Å². The van der Waals surface area contributed by atoms with Crippen LogP contribution in [0.5, 0.6) is 11.5 Å². The van der Waals surface area contributed by atoms with Crippen molar-refractivity contribution in [1.29, 1.82) is 0 Å². The van der Waals surface area contributed by atoms with Gasteiger partial charge in [-0.15, -0.1) is 11.5 Å². The summed E-state index contributed by atoms with van der Waals surface area (Å²) in [6.07, 6.45) is 7.01. The predicted octanol–water partition coefficient (Wildman–Crippen LogP) is 3.67. The number of ether oxygens (including phenoxy) is 2. The number of benzene rings is 2. The summed E-state index contributed by atoms with van der Waals surface area (Å²) in [5.74, 6) is 3.30. The number of rotatable bonds is 6. The lowest BCUT2D eigenvalue weighted by atomic mass is 9.85. The third kappa shape index (κ3) is 4.22. The zero-order chi connectivity index (χ0) is 25.2. The largest absolute Gasteiger partial charge is 0.493 e. The van der Waals surface area contributed by atoms with Gasteiger partial charge in [-0.3, -0.25) is 4.79 Å². The first kappa shape index (κ1) is 23.0. The molecule has 0 bridgehead atoms. The van der Waals surface area contributed by atoms with Crippen molar-refractivity contribution < 1.29 is 18.7 Å². The molecule has 5 rings (SSSR count). The van der Waals surface area contributed by atoms with Crippen molar-refractivity contribution in [1.82, 2.24) is 25.0 Å². The minimum Gasteiger partial charge on any atom is -0.493 e. The molecule has 0 unspecified atom stereocenters. The van der Waals surface area contributed by atoms with Crippen molar-refractivity contribution in [3.63, 3.8) is 0 Å². The van der Waals surface area contributed by atoms with Crippen molar-refractivity contribution in [3.8, 4) is 41.0 Å². The average Bonchev–Trinajstić information content (AvgIpc) is 3.23. The van der Waals surface area contributed by atoms with Crippen LogP contribution < -0.4 is 14.8 Å². The Kier molecular flexibility index (Phi) is 6.04. The number of methoxy groups -OCH3 is 1. The molecule has 180 valence electrons. The zero-order valence-electron chi connectivity index (χ0n) is 19.5. The first-order chi connectivity index (χ1) is 17.5. The van der Waals surface area contributed by atoms with E-state index in [2.05, 4.69) is 31.5 Å². The Bertz CT molecular complexity index is 1490. The molecule has 2 aromatic carbocycles. The number of hydrogen-bond acceptors (Lipinski definition) is 7. The van der Waals surface area contributed by atoms with Crippen LogP contribution in [0.15, 0.2) is 48.7 Å². The van der Waals surface area contributed by atoms with E-state index in [0.29, 0.717) is 34.3 Å². The molecule has 10 heteroatoms. The second kappa shape index (κ2) is 9.46. The molecule has 3 heterocycles. The van der Waals surface area contributed by atoms with Crippen LogP contribution in [0, 0.1) is 25.1 Å². The Morgan fingerprint density at radius 1 is 1.22 bits per heavy atom. The molecule has 1 aliphatic heterocycles. The number of fused-ring (bicyclic) bond motifs is 1. The van der Waals surface area contributed by atoms with Crippen LogP contribution in [-0.2, 0) is 4.79 Å². The van der Waals surface area contributed by atoms with Gasteiger partial charge in [0.05, 0.1) is 24.7 Å². The van der Waals surface area contributed by atoms with E-state index in [1.807, 2.05) is 19.1 Å². The quantitative estimate of drug-likeness (QED) is 0.417. The van der Waals surface area contributed by atoms with E-state index in [9.17, 15) is 9.18 Å². The summed E-state index contributed by atoms with van der Waals surface area (Å²) in [5, 5.41) is 15.7. The molecule has 1 N–H and O–H groups in total. The predicted molar refractivity (Wildman–Crippen MR) is 129 cm³/mol. The number of anilines is 1. The highest BCUT2D eigenvalue weighted by Crippen LogP contribution is 2.42. The van der Waals surface area contributed by atoms with Gasteiger partial charge in [0, 0.05) is 23.5 Å². The number of aromatic nitrogens is 5. The van der Waals surface area contributed by atoms with E-state index >= 15 is 0 Å². The van der Waals surface area contributed by atoms with Crippen LogP contribution in [0.2, 0.25) is 0 Å². The van der Waals surface area contributed by atoms with E-state index < -0.39 is 0 Å². The molecule has 1 aliphatic rings. The van der Waals surface area contributed by atoms with Gasteiger partial charge in [-0.2, -0.15) is 14.9 Å². The Morgan fingerprint density at radius 2 is 2.03 bits per heavy atom. The molecule has 9 nitrogen and oxygen atoms in total. The molecule has 2 aromatic heterocycles. The number of amides is 1. The van der Waals surface area contributed by atoms with Gasteiger partial charge < -0.3 is 14.8 Å². The molecule has 0 spiro atoms. The maximum absolute atomic E-state index is 13.4. The molecule has 0 saturated carbocycles. The number of nitrogens with one attached hydrogen (secondary N) is 1. The Hall–Kier alpha value is -4.78. The SMILES string of the molecule is C#CCOc1ccc([C@H]2CC(=O)Nc3c2c(C)nn3-c2nncc(-c3ccc(F)cc3)n2)cc1OC. The third-order valence-corrected chi connectivity index (χ3v) is 5.88. The van der Waals surface area contributed by atoms with Crippen molar-refractivity contribution in [2.75, 3.05) is 19.0 Å².